The van der Waals surface area contributed by atoms with E-state index in [-0.39, 0.29) is 5.91 Å². The molecule has 0 radical (unpaired) electrons. The van der Waals surface area contributed by atoms with Crippen LogP contribution in [0.4, 0.5) is 11.4 Å². The van der Waals surface area contributed by atoms with Crippen LogP contribution < -0.4 is 10.2 Å². The van der Waals surface area contributed by atoms with Gasteiger partial charge >= 0.3 is 0 Å². The summed E-state index contributed by atoms with van der Waals surface area (Å²) in [4.78, 5) is 14.7. The molecule has 1 atom stereocenters. The van der Waals surface area contributed by atoms with Gasteiger partial charge in [-0.15, -0.1) is 0 Å². The third-order valence-corrected chi connectivity index (χ3v) is 4.33. The van der Waals surface area contributed by atoms with Crippen molar-refractivity contribution in [2.45, 2.75) is 32.8 Å². The number of nitrogens with one attached hydrogen (secondary N) is 1. The Labute approximate surface area is 146 Å². The lowest BCUT2D eigenvalue weighted by Gasteiger charge is -2.23. The van der Waals surface area contributed by atoms with Crippen LogP contribution in [-0.2, 0) is 14.3 Å². The number of rotatable bonds is 8. The second-order valence-electron chi connectivity index (χ2n) is 5.55. The number of nitrogens with zero attached hydrogens (tertiary/aromatic N) is 1. The lowest BCUT2D eigenvalue weighted by atomic mass is 10.2. The fourth-order valence-electron chi connectivity index (χ4n) is 2.58. The van der Waals surface area contributed by atoms with Gasteiger partial charge in [-0.3, -0.25) is 4.79 Å². The number of anilines is 2. The van der Waals surface area contributed by atoms with Crippen molar-refractivity contribution in [1.29, 1.82) is 0 Å². The summed E-state index contributed by atoms with van der Waals surface area (Å²) in [5.41, 5.74) is 1.90. The Hall–Kier alpha value is -1.11. The maximum atomic E-state index is 12.3. The van der Waals surface area contributed by atoms with Gasteiger partial charge in [0.15, 0.2) is 0 Å². The molecule has 0 saturated carbocycles. The van der Waals surface area contributed by atoms with Gasteiger partial charge in [0.05, 0.1) is 24.6 Å². The Kier molecular flexibility index (Phi) is 7.33. The van der Waals surface area contributed by atoms with E-state index in [2.05, 4.69) is 26.1 Å². The summed E-state index contributed by atoms with van der Waals surface area (Å²) >= 11 is 3.47. The standard InChI is InChI=1S/C17H25BrN2O3/c1-3-22-10-11-23-13(2)17(21)19-15-12-14(18)6-7-16(15)20-8-4-5-9-20/h6-7,12-13H,3-5,8-11H2,1-2H3,(H,19,21)/t13-/m0/s1. The summed E-state index contributed by atoms with van der Waals surface area (Å²) in [7, 11) is 0. The molecule has 1 aromatic carbocycles. The van der Waals surface area contributed by atoms with Crippen LogP contribution in [0.3, 0.4) is 0 Å². The lowest BCUT2D eigenvalue weighted by molar-refractivity contribution is -0.127. The van der Waals surface area contributed by atoms with Crippen LogP contribution in [0.15, 0.2) is 22.7 Å². The zero-order valence-corrected chi connectivity index (χ0v) is 15.4. The number of hydrogen-bond acceptors (Lipinski definition) is 4. The van der Waals surface area contributed by atoms with E-state index in [0.717, 1.165) is 28.9 Å². The lowest BCUT2D eigenvalue weighted by Crippen LogP contribution is -2.30. The number of halogens is 1. The van der Waals surface area contributed by atoms with Crippen LogP contribution in [0.5, 0.6) is 0 Å². The smallest absolute Gasteiger partial charge is 0.253 e. The molecule has 1 aromatic rings. The summed E-state index contributed by atoms with van der Waals surface area (Å²) < 4.78 is 11.7. The molecular weight excluding hydrogens is 360 g/mol. The van der Waals surface area contributed by atoms with Crippen molar-refractivity contribution in [1.82, 2.24) is 0 Å². The Morgan fingerprint density at radius 3 is 2.78 bits per heavy atom. The van der Waals surface area contributed by atoms with E-state index in [9.17, 15) is 4.79 Å². The number of carbonyl (C=O) groups excluding carboxylic acids is 1. The molecule has 1 heterocycles. The summed E-state index contributed by atoms with van der Waals surface area (Å²) in [5, 5.41) is 2.99. The molecule has 0 bridgehead atoms. The SMILES string of the molecule is CCOCCO[C@@H](C)C(=O)Nc1cc(Br)ccc1N1CCCC1. The zero-order chi connectivity index (χ0) is 16.7. The Morgan fingerprint density at radius 2 is 2.09 bits per heavy atom. The van der Waals surface area contributed by atoms with Gasteiger partial charge in [0.1, 0.15) is 6.10 Å². The topological polar surface area (TPSA) is 50.8 Å². The molecule has 1 saturated heterocycles. The first-order chi connectivity index (χ1) is 11.1. The molecule has 1 amide bonds. The highest BCUT2D eigenvalue weighted by atomic mass is 79.9. The average molecular weight is 385 g/mol. The van der Waals surface area contributed by atoms with E-state index in [1.165, 1.54) is 12.8 Å². The van der Waals surface area contributed by atoms with Crippen LogP contribution in [0, 0.1) is 0 Å². The summed E-state index contributed by atoms with van der Waals surface area (Å²) in [6.45, 7) is 7.33. The Balaban J connectivity index is 1.97. The molecular formula is C17H25BrN2O3. The van der Waals surface area contributed by atoms with E-state index in [0.29, 0.717) is 19.8 Å². The first-order valence-electron chi connectivity index (χ1n) is 8.16. The Bertz CT molecular complexity index is 519. The summed E-state index contributed by atoms with van der Waals surface area (Å²) in [5.74, 6) is -0.139. The van der Waals surface area contributed by atoms with Crippen molar-refractivity contribution in [3.05, 3.63) is 22.7 Å². The molecule has 0 aliphatic carbocycles. The van der Waals surface area contributed by atoms with E-state index < -0.39 is 6.10 Å². The number of amides is 1. The van der Waals surface area contributed by atoms with Crippen molar-refractivity contribution in [2.24, 2.45) is 0 Å². The summed E-state index contributed by atoms with van der Waals surface area (Å²) in [6.07, 6.45) is 1.88. The summed E-state index contributed by atoms with van der Waals surface area (Å²) in [6, 6.07) is 6.00. The molecule has 0 unspecified atom stereocenters. The van der Waals surface area contributed by atoms with Crippen molar-refractivity contribution >= 4 is 33.2 Å². The first-order valence-corrected chi connectivity index (χ1v) is 8.96. The van der Waals surface area contributed by atoms with E-state index >= 15 is 0 Å². The average Bonchev–Trinajstić information content (AvgIpc) is 3.05. The quantitative estimate of drug-likeness (QED) is 0.697. The van der Waals surface area contributed by atoms with Gasteiger partial charge in [0.2, 0.25) is 0 Å². The molecule has 128 valence electrons. The largest absolute Gasteiger partial charge is 0.379 e. The van der Waals surface area contributed by atoms with Crippen molar-refractivity contribution in [2.75, 3.05) is 43.1 Å². The van der Waals surface area contributed by atoms with Gasteiger partial charge < -0.3 is 19.7 Å². The van der Waals surface area contributed by atoms with E-state index in [1.54, 1.807) is 6.92 Å². The normalized spacial score (nSPS) is 15.7. The zero-order valence-electron chi connectivity index (χ0n) is 13.8. The van der Waals surface area contributed by atoms with Gasteiger partial charge in [0, 0.05) is 24.2 Å². The van der Waals surface area contributed by atoms with Crippen molar-refractivity contribution < 1.29 is 14.3 Å². The molecule has 2 rings (SSSR count). The van der Waals surface area contributed by atoms with Crippen molar-refractivity contribution in [3.8, 4) is 0 Å². The van der Waals surface area contributed by atoms with Gasteiger partial charge in [-0.1, -0.05) is 15.9 Å². The van der Waals surface area contributed by atoms with E-state index in [1.807, 2.05) is 25.1 Å². The molecule has 1 N–H and O–H groups in total. The molecule has 1 aliphatic heterocycles. The van der Waals surface area contributed by atoms with Gasteiger partial charge in [-0.25, -0.2) is 0 Å². The van der Waals surface area contributed by atoms with E-state index in [4.69, 9.17) is 9.47 Å². The van der Waals surface area contributed by atoms with Crippen LogP contribution in [0.25, 0.3) is 0 Å². The molecule has 1 fully saturated rings. The second-order valence-corrected chi connectivity index (χ2v) is 6.47. The van der Waals surface area contributed by atoms with Gasteiger partial charge in [-0.05, 0) is 44.9 Å². The fourth-order valence-corrected chi connectivity index (χ4v) is 2.94. The highest BCUT2D eigenvalue weighted by molar-refractivity contribution is 9.10. The van der Waals surface area contributed by atoms with Crippen LogP contribution >= 0.6 is 15.9 Å². The number of carbonyl (C=O) groups is 1. The van der Waals surface area contributed by atoms with Crippen LogP contribution in [0.2, 0.25) is 0 Å². The highest BCUT2D eigenvalue weighted by Gasteiger charge is 2.19. The van der Waals surface area contributed by atoms with Gasteiger partial charge in [-0.2, -0.15) is 0 Å². The minimum absolute atomic E-state index is 0.139. The second kappa shape index (κ2) is 9.25. The molecule has 6 heteroatoms. The number of hydrogen-bond donors (Lipinski definition) is 1. The predicted molar refractivity (Wildman–Crippen MR) is 96.1 cm³/mol. The molecule has 5 nitrogen and oxygen atoms in total. The predicted octanol–water partition coefficient (Wildman–Crippen LogP) is 3.43. The number of ether oxygens (including phenoxy) is 2. The minimum Gasteiger partial charge on any atom is -0.379 e. The molecule has 1 aliphatic rings. The highest BCUT2D eigenvalue weighted by Crippen LogP contribution is 2.31. The van der Waals surface area contributed by atoms with Crippen LogP contribution in [-0.4, -0.2) is 44.9 Å². The monoisotopic (exact) mass is 384 g/mol. The third-order valence-electron chi connectivity index (χ3n) is 3.83. The molecule has 23 heavy (non-hydrogen) atoms. The minimum atomic E-state index is -0.513. The maximum absolute atomic E-state index is 12.3. The fraction of sp³-hybridized carbons (Fsp3) is 0.588. The maximum Gasteiger partial charge on any atom is 0.253 e. The first kappa shape index (κ1) is 18.2. The number of benzene rings is 1. The van der Waals surface area contributed by atoms with Crippen LogP contribution in [0.1, 0.15) is 26.7 Å². The molecule has 0 aromatic heterocycles. The van der Waals surface area contributed by atoms with Crippen molar-refractivity contribution in [3.63, 3.8) is 0 Å². The Morgan fingerprint density at radius 1 is 1.35 bits per heavy atom. The third kappa shape index (κ3) is 5.48. The van der Waals surface area contributed by atoms with Gasteiger partial charge in [0.25, 0.3) is 5.91 Å². The molecule has 0 spiro atoms.